The van der Waals surface area contributed by atoms with Gasteiger partial charge in [-0.1, -0.05) is 12.6 Å². The first-order chi connectivity index (χ1) is 15.3. The number of halogens is 3. The number of benzene rings is 1. The first-order valence-electron chi connectivity index (χ1n) is 9.71. The monoisotopic (exact) mass is 440 g/mol. The van der Waals surface area contributed by atoms with Gasteiger partial charge in [0.1, 0.15) is 0 Å². The maximum atomic E-state index is 12.9. The zero-order valence-electron chi connectivity index (χ0n) is 16.8. The van der Waals surface area contributed by atoms with E-state index in [1.807, 2.05) is 6.07 Å². The van der Waals surface area contributed by atoms with Crippen LogP contribution < -0.4 is 10.6 Å². The molecular weight excluding hydrogens is 421 g/mol. The summed E-state index contributed by atoms with van der Waals surface area (Å²) in [6.07, 6.45) is 3.36. The van der Waals surface area contributed by atoms with E-state index in [1.165, 1.54) is 18.2 Å². The first-order valence-corrected chi connectivity index (χ1v) is 9.71. The molecule has 3 aromatic rings. The number of hydrogen-bond acceptors (Lipinski definition) is 6. The summed E-state index contributed by atoms with van der Waals surface area (Å²) < 4.78 is 38.6. The molecule has 1 amide bonds. The molecule has 0 spiro atoms. The lowest BCUT2D eigenvalue weighted by Gasteiger charge is -2.39. The van der Waals surface area contributed by atoms with E-state index in [0.717, 1.165) is 23.4 Å². The minimum absolute atomic E-state index is 0.0918. The van der Waals surface area contributed by atoms with Gasteiger partial charge in [-0.3, -0.25) is 9.78 Å². The minimum Gasteiger partial charge on any atom is -0.377 e. The molecular formula is C22H19F3N6O. The Morgan fingerprint density at radius 3 is 2.50 bits per heavy atom. The third kappa shape index (κ3) is 4.85. The Morgan fingerprint density at radius 1 is 1.06 bits per heavy atom. The quantitative estimate of drug-likeness (QED) is 0.562. The zero-order valence-corrected chi connectivity index (χ0v) is 16.8. The maximum Gasteiger partial charge on any atom is 0.416 e. The highest BCUT2D eigenvalue weighted by Gasteiger charge is 2.30. The summed E-state index contributed by atoms with van der Waals surface area (Å²) in [5.41, 5.74) is 1.76. The van der Waals surface area contributed by atoms with E-state index in [-0.39, 0.29) is 23.6 Å². The van der Waals surface area contributed by atoms with E-state index in [2.05, 4.69) is 32.2 Å². The predicted octanol–water partition coefficient (Wildman–Crippen LogP) is 4.11. The van der Waals surface area contributed by atoms with Crippen molar-refractivity contribution in [2.45, 2.75) is 12.2 Å². The van der Waals surface area contributed by atoms with Crippen molar-refractivity contribution in [3.63, 3.8) is 0 Å². The van der Waals surface area contributed by atoms with Gasteiger partial charge in [-0.15, -0.1) is 0 Å². The van der Waals surface area contributed by atoms with Crippen LogP contribution in [0.15, 0.2) is 67.8 Å². The molecule has 0 atom stereocenters. The van der Waals surface area contributed by atoms with Gasteiger partial charge in [-0.2, -0.15) is 13.2 Å². The Balaban J connectivity index is 1.41. The van der Waals surface area contributed by atoms with Gasteiger partial charge in [0.25, 0.3) is 0 Å². The number of likely N-dealkylation sites (tertiary alicyclic amines) is 1. The molecule has 4 rings (SSSR count). The van der Waals surface area contributed by atoms with E-state index in [1.54, 1.807) is 29.7 Å². The second-order valence-electron chi connectivity index (χ2n) is 7.25. The number of aromatic nitrogens is 3. The normalized spacial score (nSPS) is 13.9. The molecule has 1 fully saturated rings. The van der Waals surface area contributed by atoms with Crippen molar-refractivity contribution in [1.29, 1.82) is 0 Å². The van der Waals surface area contributed by atoms with Crippen LogP contribution in [0.4, 0.5) is 30.5 Å². The van der Waals surface area contributed by atoms with Gasteiger partial charge in [0.15, 0.2) is 0 Å². The molecule has 1 aliphatic heterocycles. The van der Waals surface area contributed by atoms with Crippen LogP contribution in [0.3, 0.4) is 0 Å². The molecule has 0 unspecified atom stereocenters. The van der Waals surface area contributed by atoms with Gasteiger partial charge in [-0.05, 0) is 30.3 Å². The van der Waals surface area contributed by atoms with Gasteiger partial charge in [-0.25, -0.2) is 9.97 Å². The molecule has 1 aromatic carbocycles. The van der Waals surface area contributed by atoms with Crippen molar-refractivity contribution in [2.75, 3.05) is 23.7 Å². The van der Waals surface area contributed by atoms with E-state index >= 15 is 0 Å². The van der Waals surface area contributed by atoms with Gasteiger partial charge in [0.2, 0.25) is 11.9 Å². The lowest BCUT2D eigenvalue weighted by molar-refractivity contribution is -0.137. The molecule has 0 radical (unpaired) electrons. The number of pyridine rings is 1. The van der Waals surface area contributed by atoms with E-state index in [0.29, 0.717) is 18.7 Å². The molecule has 0 aliphatic carbocycles. The van der Waals surface area contributed by atoms with Gasteiger partial charge < -0.3 is 15.5 Å². The van der Waals surface area contributed by atoms with Crippen molar-refractivity contribution in [3.8, 4) is 11.1 Å². The predicted molar refractivity (Wildman–Crippen MR) is 114 cm³/mol. The Morgan fingerprint density at radius 2 is 1.81 bits per heavy atom. The fraction of sp³-hybridized carbons (Fsp3) is 0.182. The van der Waals surface area contributed by atoms with Crippen LogP contribution in [0.1, 0.15) is 5.56 Å². The molecule has 1 saturated heterocycles. The van der Waals surface area contributed by atoms with Crippen molar-refractivity contribution in [2.24, 2.45) is 0 Å². The second-order valence-corrected chi connectivity index (χ2v) is 7.25. The minimum atomic E-state index is -4.42. The molecule has 3 heterocycles. The largest absolute Gasteiger partial charge is 0.416 e. The Kier molecular flexibility index (Phi) is 5.76. The molecule has 0 saturated carbocycles. The van der Waals surface area contributed by atoms with Crippen LogP contribution in [-0.4, -0.2) is 44.9 Å². The molecule has 2 N–H and O–H groups in total. The van der Waals surface area contributed by atoms with Crippen LogP contribution in [0, 0.1) is 0 Å². The highest BCUT2D eigenvalue weighted by atomic mass is 19.4. The van der Waals surface area contributed by atoms with E-state index < -0.39 is 11.7 Å². The number of amides is 1. The molecule has 32 heavy (non-hydrogen) atoms. The van der Waals surface area contributed by atoms with Crippen molar-refractivity contribution in [3.05, 3.63) is 73.3 Å². The number of carbonyl (C=O) groups is 1. The third-order valence-corrected chi connectivity index (χ3v) is 4.91. The Labute approximate surface area is 182 Å². The van der Waals surface area contributed by atoms with Crippen LogP contribution >= 0.6 is 0 Å². The lowest BCUT2D eigenvalue weighted by atomic mass is 10.1. The van der Waals surface area contributed by atoms with Crippen LogP contribution in [0.25, 0.3) is 11.1 Å². The Bertz CT molecular complexity index is 1130. The fourth-order valence-corrected chi connectivity index (χ4v) is 3.24. The summed E-state index contributed by atoms with van der Waals surface area (Å²) in [4.78, 5) is 25.8. The molecule has 1 aliphatic rings. The number of rotatable bonds is 6. The van der Waals surface area contributed by atoms with Gasteiger partial charge in [0, 0.05) is 54.7 Å². The van der Waals surface area contributed by atoms with Crippen LogP contribution in [-0.2, 0) is 11.0 Å². The summed E-state index contributed by atoms with van der Waals surface area (Å²) >= 11 is 0. The Hall–Kier alpha value is -3.95. The fourth-order valence-electron chi connectivity index (χ4n) is 3.24. The summed E-state index contributed by atoms with van der Waals surface area (Å²) in [7, 11) is 0. The molecule has 10 heteroatoms. The topological polar surface area (TPSA) is 83.0 Å². The van der Waals surface area contributed by atoms with E-state index in [4.69, 9.17) is 0 Å². The second kappa shape index (κ2) is 8.66. The summed E-state index contributed by atoms with van der Waals surface area (Å²) in [6.45, 7) is 4.66. The van der Waals surface area contributed by atoms with Crippen molar-refractivity contribution >= 4 is 23.2 Å². The first kappa shape index (κ1) is 21.3. The number of nitrogens with zero attached hydrogens (tertiary/aromatic N) is 4. The third-order valence-electron chi connectivity index (χ3n) is 4.91. The van der Waals surface area contributed by atoms with Gasteiger partial charge in [0.05, 0.1) is 17.3 Å². The smallest absolute Gasteiger partial charge is 0.377 e. The molecule has 0 bridgehead atoms. The van der Waals surface area contributed by atoms with Crippen LogP contribution in [0.2, 0.25) is 0 Å². The van der Waals surface area contributed by atoms with Crippen LogP contribution in [0.5, 0.6) is 0 Å². The number of alkyl halides is 3. The van der Waals surface area contributed by atoms with Gasteiger partial charge >= 0.3 is 6.18 Å². The van der Waals surface area contributed by atoms with E-state index in [9.17, 15) is 18.0 Å². The molecule has 2 aromatic heterocycles. The molecule has 7 nitrogen and oxygen atoms in total. The highest BCUT2D eigenvalue weighted by Crippen LogP contribution is 2.31. The average Bonchev–Trinajstić information content (AvgIpc) is 2.76. The lowest BCUT2D eigenvalue weighted by Crippen LogP contribution is -2.56. The number of anilines is 3. The van der Waals surface area contributed by atoms with Crippen molar-refractivity contribution < 1.29 is 18.0 Å². The highest BCUT2D eigenvalue weighted by molar-refractivity contribution is 5.87. The SMILES string of the molecule is C=CC(=O)N1CC(Nc2cncc(-c3cnc(Nc4cccc(C(F)(F)F)c4)nc3)c2)C1. The molecule has 164 valence electrons. The number of carbonyl (C=O) groups excluding carboxylic acids is 1. The van der Waals surface area contributed by atoms with Crippen molar-refractivity contribution in [1.82, 2.24) is 19.9 Å². The zero-order chi connectivity index (χ0) is 22.7. The number of nitrogens with one attached hydrogen (secondary N) is 2. The number of hydrogen-bond donors (Lipinski definition) is 2. The summed E-state index contributed by atoms with van der Waals surface area (Å²) in [6, 6.07) is 6.85. The standard InChI is InChI=1S/C22H19F3N6O/c1-2-20(32)31-12-19(13-31)29-18-6-14(8-26-11-18)15-9-27-21(28-10-15)30-17-5-3-4-16(7-17)22(23,24)25/h2-11,19,29H,1,12-13H2,(H,27,28,30). The summed E-state index contributed by atoms with van der Waals surface area (Å²) in [5.74, 6) is 0.0858. The summed E-state index contributed by atoms with van der Waals surface area (Å²) in [5, 5.41) is 6.10. The maximum absolute atomic E-state index is 12.9. The average molecular weight is 440 g/mol.